The van der Waals surface area contributed by atoms with Crippen LogP contribution < -0.4 is 10.6 Å². The number of fused-ring (bicyclic) bond motifs is 1. The van der Waals surface area contributed by atoms with Crippen molar-refractivity contribution < 1.29 is 27.5 Å². The largest absolute Gasteiger partial charge is 0.416 e. The average molecular weight is 529 g/mol. The summed E-state index contributed by atoms with van der Waals surface area (Å²) >= 11 is 0. The van der Waals surface area contributed by atoms with E-state index in [1.54, 1.807) is 35.1 Å². The van der Waals surface area contributed by atoms with Crippen LogP contribution in [0.5, 0.6) is 0 Å². The molecule has 0 spiro atoms. The van der Waals surface area contributed by atoms with Gasteiger partial charge in [0.1, 0.15) is 18.0 Å². The lowest BCUT2D eigenvalue weighted by molar-refractivity contribution is -0.137. The SMILES string of the molecule is O=C(Nc1cc(-c2ccc3ncnn3c2)cnc1N[C@H]1CCCC[C@@H]1CO)c1cc(F)cc(C(F)(F)F)c1. The minimum absolute atomic E-state index is 0.0129. The second-order valence-corrected chi connectivity index (χ2v) is 9.26. The molecule has 4 aromatic rings. The minimum Gasteiger partial charge on any atom is -0.396 e. The molecule has 1 aliphatic carbocycles. The van der Waals surface area contributed by atoms with Gasteiger partial charge in [0.15, 0.2) is 5.65 Å². The van der Waals surface area contributed by atoms with Gasteiger partial charge >= 0.3 is 6.18 Å². The van der Waals surface area contributed by atoms with Gasteiger partial charge in [-0.2, -0.15) is 18.3 Å². The fourth-order valence-electron chi connectivity index (χ4n) is 4.69. The van der Waals surface area contributed by atoms with Crippen LogP contribution in [0.15, 0.2) is 55.1 Å². The number of pyridine rings is 2. The third-order valence-corrected chi connectivity index (χ3v) is 6.70. The van der Waals surface area contributed by atoms with E-state index in [9.17, 15) is 27.5 Å². The van der Waals surface area contributed by atoms with E-state index in [4.69, 9.17) is 0 Å². The highest BCUT2D eigenvalue weighted by Gasteiger charge is 2.32. The van der Waals surface area contributed by atoms with Crippen LogP contribution >= 0.6 is 0 Å². The van der Waals surface area contributed by atoms with Crippen molar-refractivity contribution in [2.75, 3.05) is 17.2 Å². The zero-order valence-corrected chi connectivity index (χ0v) is 20.0. The molecule has 1 aliphatic rings. The molecular weight excluding hydrogens is 504 g/mol. The molecule has 0 unspecified atom stereocenters. The molecule has 1 aromatic carbocycles. The van der Waals surface area contributed by atoms with E-state index in [1.165, 1.54) is 6.33 Å². The average Bonchev–Trinajstić information content (AvgIpc) is 3.37. The van der Waals surface area contributed by atoms with E-state index in [-0.39, 0.29) is 24.3 Å². The van der Waals surface area contributed by atoms with Crippen LogP contribution in [0.2, 0.25) is 0 Å². The smallest absolute Gasteiger partial charge is 0.396 e. The number of benzene rings is 1. The monoisotopic (exact) mass is 528 g/mol. The van der Waals surface area contributed by atoms with Crippen LogP contribution in [0, 0.1) is 11.7 Å². The first-order valence-corrected chi connectivity index (χ1v) is 12.1. The first-order valence-electron chi connectivity index (χ1n) is 12.1. The predicted octanol–water partition coefficient (Wildman–Crippen LogP) is 5.16. The molecule has 3 heterocycles. The lowest BCUT2D eigenvalue weighted by Crippen LogP contribution is -2.35. The Morgan fingerprint density at radius 1 is 1.08 bits per heavy atom. The zero-order valence-electron chi connectivity index (χ0n) is 20.0. The molecule has 0 saturated heterocycles. The summed E-state index contributed by atoms with van der Waals surface area (Å²) in [6.45, 7) is -0.0150. The summed E-state index contributed by atoms with van der Waals surface area (Å²) in [4.78, 5) is 21.6. The van der Waals surface area contributed by atoms with Crippen LogP contribution in [0.3, 0.4) is 0 Å². The molecule has 2 atom stereocenters. The Morgan fingerprint density at radius 2 is 1.89 bits per heavy atom. The van der Waals surface area contributed by atoms with E-state index < -0.39 is 29.0 Å². The first kappa shape index (κ1) is 25.6. The number of carbonyl (C=O) groups excluding carboxylic acids is 1. The second-order valence-electron chi connectivity index (χ2n) is 9.26. The number of aliphatic hydroxyl groups excluding tert-OH is 1. The summed E-state index contributed by atoms with van der Waals surface area (Å²) in [7, 11) is 0. The highest BCUT2D eigenvalue weighted by Crippen LogP contribution is 2.33. The molecule has 12 heteroatoms. The molecule has 1 saturated carbocycles. The maximum absolute atomic E-state index is 14.0. The third kappa shape index (κ3) is 5.44. The van der Waals surface area contributed by atoms with Crippen molar-refractivity contribution in [3.63, 3.8) is 0 Å². The van der Waals surface area contributed by atoms with E-state index in [1.807, 2.05) is 0 Å². The van der Waals surface area contributed by atoms with E-state index in [0.717, 1.165) is 31.7 Å². The molecule has 0 bridgehead atoms. The van der Waals surface area contributed by atoms with Gasteiger partial charge in [0.25, 0.3) is 5.91 Å². The third-order valence-electron chi connectivity index (χ3n) is 6.70. The van der Waals surface area contributed by atoms with Gasteiger partial charge in [0, 0.05) is 47.7 Å². The van der Waals surface area contributed by atoms with Crippen molar-refractivity contribution in [1.82, 2.24) is 19.6 Å². The fourth-order valence-corrected chi connectivity index (χ4v) is 4.69. The molecule has 38 heavy (non-hydrogen) atoms. The van der Waals surface area contributed by atoms with Gasteiger partial charge in [-0.15, -0.1) is 0 Å². The topological polar surface area (TPSA) is 104 Å². The summed E-state index contributed by atoms with van der Waals surface area (Å²) in [5.74, 6) is -1.82. The number of anilines is 2. The summed E-state index contributed by atoms with van der Waals surface area (Å²) in [6, 6.07) is 6.76. The highest BCUT2D eigenvalue weighted by molar-refractivity contribution is 6.06. The van der Waals surface area contributed by atoms with Crippen LogP contribution in [-0.2, 0) is 6.18 Å². The van der Waals surface area contributed by atoms with Crippen molar-refractivity contribution in [3.05, 3.63) is 72.1 Å². The van der Waals surface area contributed by atoms with Gasteiger partial charge in [-0.05, 0) is 49.2 Å². The number of nitrogens with one attached hydrogen (secondary N) is 2. The summed E-state index contributed by atoms with van der Waals surface area (Å²) < 4.78 is 55.2. The molecule has 198 valence electrons. The number of nitrogens with zero attached hydrogens (tertiary/aromatic N) is 4. The van der Waals surface area contributed by atoms with Crippen molar-refractivity contribution >= 4 is 23.1 Å². The van der Waals surface area contributed by atoms with Crippen LogP contribution in [0.1, 0.15) is 41.6 Å². The minimum atomic E-state index is -4.81. The number of aliphatic hydroxyl groups is 1. The number of amides is 1. The fraction of sp³-hybridized carbons (Fsp3) is 0.308. The molecule has 5 rings (SSSR count). The van der Waals surface area contributed by atoms with Crippen molar-refractivity contribution in [2.45, 2.75) is 37.9 Å². The normalized spacial score (nSPS) is 17.9. The number of hydrogen-bond donors (Lipinski definition) is 3. The Labute approximate surface area is 214 Å². The van der Waals surface area contributed by atoms with Crippen LogP contribution in [-0.4, -0.2) is 43.2 Å². The molecule has 1 fully saturated rings. The van der Waals surface area contributed by atoms with Crippen molar-refractivity contribution in [3.8, 4) is 11.1 Å². The Morgan fingerprint density at radius 3 is 2.68 bits per heavy atom. The molecular formula is C26H24F4N6O2. The number of halogens is 4. The molecule has 1 amide bonds. The zero-order chi connectivity index (χ0) is 26.9. The van der Waals surface area contributed by atoms with E-state index >= 15 is 0 Å². The van der Waals surface area contributed by atoms with Crippen LogP contribution in [0.25, 0.3) is 16.8 Å². The molecule has 0 aliphatic heterocycles. The van der Waals surface area contributed by atoms with Gasteiger partial charge in [0.2, 0.25) is 0 Å². The van der Waals surface area contributed by atoms with Gasteiger partial charge < -0.3 is 15.7 Å². The first-order chi connectivity index (χ1) is 18.2. The predicted molar refractivity (Wildman–Crippen MR) is 132 cm³/mol. The molecule has 8 nitrogen and oxygen atoms in total. The van der Waals surface area contributed by atoms with Gasteiger partial charge in [-0.3, -0.25) is 4.79 Å². The standard InChI is InChI=1S/C26H24F4N6O2/c27-20-8-17(7-19(10-20)26(28,29)30)25(38)35-22-9-18(15-5-6-23-32-14-33-36(23)12-15)11-31-24(22)34-21-4-2-1-3-16(21)13-37/h5-12,14,16,21,37H,1-4,13H2,(H,31,34)(H,35,38)/t16-,21+/m1/s1. The number of alkyl halides is 3. The lowest BCUT2D eigenvalue weighted by Gasteiger charge is -2.32. The summed E-state index contributed by atoms with van der Waals surface area (Å²) in [5.41, 5.74) is 0.388. The van der Waals surface area contributed by atoms with Gasteiger partial charge in [-0.25, -0.2) is 18.9 Å². The van der Waals surface area contributed by atoms with Crippen molar-refractivity contribution in [2.24, 2.45) is 5.92 Å². The lowest BCUT2D eigenvalue weighted by atomic mass is 9.85. The molecule has 3 aromatic heterocycles. The molecule has 3 N–H and O–H groups in total. The Hall–Kier alpha value is -4.06. The Kier molecular flexibility index (Phi) is 6.98. The Balaban J connectivity index is 1.51. The number of carbonyl (C=O) groups is 1. The maximum atomic E-state index is 14.0. The van der Waals surface area contributed by atoms with Gasteiger partial charge in [0.05, 0.1) is 11.3 Å². The Bertz CT molecular complexity index is 1470. The summed E-state index contributed by atoms with van der Waals surface area (Å²) in [6.07, 6.45) is 3.47. The van der Waals surface area contributed by atoms with Gasteiger partial charge in [-0.1, -0.05) is 12.8 Å². The van der Waals surface area contributed by atoms with Crippen molar-refractivity contribution in [1.29, 1.82) is 0 Å². The maximum Gasteiger partial charge on any atom is 0.416 e. The quantitative estimate of drug-likeness (QED) is 0.299. The van der Waals surface area contributed by atoms with E-state index in [2.05, 4.69) is 25.7 Å². The number of hydrogen-bond acceptors (Lipinski definition) is 6. The number of rotatable bonds is 6. The second kappa shape index (κ2) is 10.4. The van der Waals surface area contributed by atoms with Crippen LogP contribution in [0.4, 0.5) is 29.1 Å². The highest BCUT2D eigenvalue weighted by atomic mass is 19.4. The van der Waals surface area contributed by atoms with E-state index in [0.29, 0.717) is 34.7 Å². The molecule has 0 radical (unpaired) electrons. The summed E-state index contributed by atoms with van der Waals surface area (Å²) in [5, 5.41) is 19.8. The number of aromatic nitrogens is 4.